The zero-order chi connectivity index (χ0) is 17.1. The van der Waals surface area contributed by atoms with Crippen molar-refractivity contribution in [3.63, 3.8) is 0 Å². The average Bonchev–Trinajstić information content (AvgIpc) is 2.69. The normalized spacial score (nSPS) is 10.6. The van der Waals surface area contributed by atoms with Crippen LogP contribution in [0.25, 0.3) is 33.6 Å². The summed E-state index contributed by atoms with van der Waals surface area (Å²) in [5, 5.41) is 0. The zero-order valence-corrected chi connectivity index (χ0v) is 14.2. The van der Waals surface area contributed by atoms with Crippen LogP contribution in [-0.2, 0) is 0 Å². The number of hydrogen-bond donors (Lipinski definition) is 0. The highest BCUT2D eigenvalue weighted by Gasteiger charge is 2.09. The number of aromatic nitrogens is 1. The molecule has 0 aliphatic heterocycles. The number of aryl methyl sites for hydroxylation is 1. The quantitative estimate of drug-likeness (QED) is 0.426. The highest BCUT2D eigenvalue weighted by atomic mass is 14.7. The molecule has 3 aromatic carbocycles. The van der Waals surface area contributed by atoms with Gasteiger partial charge in [-0.05, 0) is 35.7 Å². The topological polar surface area (TPSA) is 12.9 Å². The number of nitrogens with zero attached hydrogens (tertiary/aromatic N) is 1. The summed E-state index contributed by atoms with van der Waals surface area (Å²) >= 11 is 0. The molecule has 25 heavy (non-hydrogen) atoms. The van der Waals surface area contributed by atoms with Crippen molar-refractivity contribution >= 4 is 0 Å². The van der Waals surface area contributed by atoms with E-state index in [1.807, 2.05) is 12.1 Å². The van der Waals surface area contributed by atoms with Gasteiger partial charge in [0, 0.05) is 11.1 Å². The molecule has 0 saturated heterocycles. The van der Waals surface area contributed by atoms with Crippen molar-refractivity contribution in [1.82, 2.24) is 4.98 Å². The highest BCUT2D eigenvalue weighted by Crippen LogP contribution is 2.31. The van der Waals surface area contributed by atoms with Crippen LogP contribution in [0.1, 0.15) is 5.56 Å². The Kier molecular flexibility index (Phi) is 4.14. The van der Waals surface area contributed by atoms with Gasteiger partial charge in [-0.1, -0.05) is 84.9 Å². The van der Waals surface area contributed by atoms with E-state index in [1.54, 1.807) is 0 Å². The minimum absolute atomic E-state index is 1.00. The summed E-state index contributed by atoms with van der Waals surface area (Å²) in [5.74, 6) is 0. The fraction of sp³-hybridized carbons (Fsp3) is 0.0417. The van der Waals surface area contributed by atoms with Crippen molar-refractivity contribution in [2.45, 2.75) is 6.92 Å². The van der Waals surface area contributed by atoms with E-state index in [4.69, 9.17) is 4.98 Å². The fourth-order valence-electron chi connectivity index (χ4n) is 3.10. The Morgan fingerprint density at radius 2 is 1.00 bits per heavy atom. The monoisotopic (exact) mass is 321 g/mol. The minimum Gasteiger partial charge on any atom is -0.248 e. The van der Waals surface area contributed by atoms with Crippen LogP contribution in [0.5, 0.6) is 0 Å². The van der Waals surface area contributed by atoms with E-state index in [0.717, 1.165) is 22.5 Å². The van der Waals surface area contributed by atoms with Gasteiger partial charge in [-0.3, -0.25) is 0 Å². The van der Waals surface area contributed by atoms with Crippen molar-refractivity contribution in [2.75, 3.05) is 0 Å². The van der Waals surface area contributed by atoms with Crippen molar-refractivity contribution in [2.24, 2.45) is 0 Å². The summed E-state index contributed by atoms with van der Waals surface area (Å²) in [6, 6.07) is 33.6. The first-order chi connectivity index (χ1) is 12.3. The Hall–Kier alpha value is -3.19. The first-order valence-corrected chi connectivity index (χ1v) is 8.50. The number of pyridine rings is 1. The van der Waals surface area contributed by atoms with Crippen LogP contribution in [0.15, 0.2) is 97.1 Å². The van der Waals surface area contributed by atoms with E-state index in [0.29, 0.717) is 0 Å². The maximum atomic E-state index is 4.93. The van der Waals surface area contributed by atoms with Crippen LogP contribution in [0.4, 0.5) is 0 Å². The second kappa shape index (κ2) is 6.74. The van der Waals surface area contributed by atoms with Crippen LogP contribution in [0, 0.1) is 6.92 Å². The SMILES string of the molecule is Cc1ccccc1-c1cc(-c2ccccc2)nc(-c2ccccc2)c1. The molecule has 1 aromatic heterocycles. The molecular formula is C24H19N. The molecular weight excluding hydrogens is 302 g/mol. The van der Waals surface area contributed by atoms with Crippen LogP contribution in [-0.4, -0.2) is 4.98 Å². The molecule has 4 rings (SSSR count). The molecule has 4 aromatic rings. The van der Waals surface area contributed by atoms with E-state index in [2.05, 4.69) is 91.9 Å². The molecule has 0 spiro atoms. The van der Waals surface area contributed by atoms with Gasteiger partial charge in [-0.25, -0.2) is 4.98 Å². The summed E-state index contributed by atoms with van der Waals surface area (Å²) in [4.78, 5) is 4.93. The molecule has 120 valence electrons. The van der Waals surface area contributed by atoms with E-state index in [-0.39, 0.29) is 0 Å². The van der Waals surface area contributed by atoms with Gasteiger partial charge in [0.1, 0.15) is 0 Å². The lowest BCUT2D eigenvalue weighted by molar-refractivity contribution is 1.32. The Bertz CT molecular complexity index is 931. The molecule has 0 unspecified atom stereocenters. The van der Waals surface area contributed by atoms with Crippen LogP contribution in [0.3, 0.4) is 0 Å². The van der Waals surface area contributed by atoms with Crippen molar-refractivity contribution in [3.8, 4) is 33.6 Å². The van der Waals surface area contributed by atoms with Gasteiger partial charge in [-0.2, -0.15) is 0 Å². The predicted molar refractivity (Wildman–Crippen MR) is 105 cm³/mol. The molecule has 0 atom stereocenters. The lowest BCUT2D eigenvalue weighted by Crippen LogP contribution is -1.92. The van der Waals surface area contributed by atoms with Gasteiger partial charge in [0.05, 0.1) is 11.4 Å². The summed E-state index contributed by atoms with van der Waals surface area (Å²) < 4.78 is 0. The molecule has 0 fully saturated rings. The van der Waals surface area contributed by atoms with Gasteiger partial charge in [0.2, 0.25) is 0 Å². The van der Waals surface area contributed by atoms with Gasteiger partial charge in [0.15, 0.2) is 0 Å². The highest BCUT2D eigenvalue weighted by molar-refractivity contribution is 5.77. The third kappa shape index (κ3) is 3.22. The lowest BCUT2D eigenvalue weighted by atomic mass is 9.97. The standard InChI is InChI=1S/C24H19N/c1-18-10-8-9-15-22(18)21-16-23(19-11-4-2-5-12-19)25-24(17-21)20-13-6-3-7-14-20/h2-17H,1H3. The summed E-state index contributed by atoms with van der Waals surface area (Å²) in [6.45, 7) is 2.15. The Labute approximate surface area is 148 Å². The predicted octanol–water partition coefficient (Wildman–Crippen LogP) is 6.39. The lowest BCUT2D eigenvalue weighted by Gasteiger charge is -2.12. The molecule has 0 N–H and O–H groups in total. The zero-order valence-electron chi connectivity index (χ0n) is 14.2. The molecule has 1 nitrogen and oxygen atoms in total. The van der Waals surface area contributed by atoms with Crippen molar-refractivity contribution in [3.05, 3.63) is 103 Å². The van der Waals surface area contributed by atoms with E-state index in [9.17, 15) is 0 Å². The third-order valence-electron chi connectivity index (χ3n) is 4.42. The van der Waals surface area contributed by atoms with E-state index in [1.165, 1.54) is 16.7 Å². The Balaban J connectivity index is 1.94. The molecule has 0 radical (unpaired) electrons. The fourth-order valence-corrected chi connectivity index (χ4v) is 3.10. The molecule has 0 aliphatic carbocycles. The number of rotatable bonds is 3. The minimum atomic E-state index is 1.00. The van der Waals surface area contributed by atoms with Crippen molar-refractivity contribution in [1.29, 1.82) is 0 Å². The van der Waals surface area contributed by atoms with Gasteiger partial charge in [-0.15, -0.1) is 0 Å². The smallest absolute Gasteiger partial charge is 0.0715 e. The molecule has 0 bridgehead atoms. The summed E-state index contributed by atoms with van der Waals surface area (Å²) in [5.41, 5.74) is 7.99. The number of hydrogen-bond acceptors (Lipinski definition) is 1. The number of benzene rings is 3. The van der Waals surface area contributed by atoms with Crippen LogP contribution >= 0.6 is 0 Å². The van der Waals surface area contributed by atoms with Gasteiger partial charge in [0.25, 0.3) is 0 Å². The summed E-state index contributed by atoms with van der Waals surface area (Å²) in [6.07, 6.45) is 0. The average molecular weight is 321 g/mol. The Morgan fingerprint density at radius 1 is 0.520 bits per heavy atom. The molecule has 0 aliphatic rings. The van der Waals surface area contributed by atoms with Crippen LogP contribution < -0.4 is 0 Å². The molecule has 1 heteroatoms. The molecule has 0 amide bonds. The first-order valence-electron chi connectivity index (χ1n) is 8.50. The van der Waals surface area contributed by atoms with Gasteiger partial charge >= 0.3 is 0 Å². The van der Waals surface area contributed by atoms with Crippen LogP contribution in [0.2, 0.25) is 0 Å². The van der Waals surface area contributed by atoms with Crippen molar-refractivity contribution < 1.29 is 0 Å². The molecule has 0 saturated carbocycles. The van der Waals surface area contributed by atoms with E-state index < -0.39 is 0 Å². The van der Waals surface area contributed by atoms with E-state index >= 15 is 0 Å². The second-order valence-corrected chi connectivity index (χ2v) is 6.17. The second-order valence-electron chi connectivity index (χ2n) is 6.17. The van der Waals surface area contributed by atoms with Gasteiger partial charge < -0.3 is 0 Å². The maximum absolute atomic E-state index is 4.93. The third-order valence-corrected chi connectivity index (χ3v) is 4.42. The summed E-state index contributed by atoms with van der Waals surface area (Å²) in [7, 11) is 0. The largest absolute Gasteiger partial charge is 0.248 e. The first kappa shape index (κ1) is 15.3. The maximum Gasteiger partial charge on any atom is 0.0715 e. The molecule has 1 heterocycles. The Morgan fingerprint density at radius 3 is 1.52 bits per heavy atom.